The predicted octanol–water partition coefficient (Wildman–Crippen LogP) is 1.27. The van der Waals surface area contributed by atoms with E-state index in [0.29, 0.717) is 19.6 Å². The molecule has 2 N–H and O–H groups in total. The molecule has 0 aliphatic heterocycles. The fourth-order valence-corrected chi connectivity index (χ4v) is 1.88. The predicted molar refractivity (Wildman–Crippen MR) is 79.7 cm³/mol. The SMILES string of the molecule is CCCCNC(=O)CN(CCC(=O)O)Cc1ccncc1. The summed E-state index contributed by atoms with van der Waals surface area (Å²) in [7, 11) is 0. The molecule has 0 unspecified atom stereocenters. The number of carbonyl (C=O) groups is 2. The monoisotopic (exact) mass is 293 g/mol. The molecule has 1 amide bonds. The Bertz CT molecular complexity index is 437. The molecule has 1 rings (SSSR count). The van der Waals surface area contributed by atoms with Crippen molar-refractivity contribution < 1.29 is 14.7 Å². The summed E-state index contributed by atoms with van der Waals surface area (Å²) in [5.74, 6) is -0.927. The van der Waals surface area contributed by atoms with E-state index in [2.05, 4.69) is 17.2 Å². The van der Waals surface area contributed by atoms with Crippen LogP contribution in [0.5, 0.6) is 0 Å². The molecule has 6 nitrogen and oxygen atoms in total. The molecule has 0 aliphatic carbocycles. The number of amides is 1. The first-order valence-electron chi connectivity index (χ1n) is 7.21. The molecule has 1 heterocycles. The summed E-state index contributed by atoms with van der Waals surface area (Å²) in [6.45, 7) is 3.82. The Kier molecular flexibility index (Phi) is 8.04. The van der Waals surface area contributed by atoms with Crippen molar-refractivity contribution in [2.24, 2.45) is 0 Å². The van der Waals surface area contributed by atoms with Crippen molar-refractivity contribution in [3.63, 3.8) is 0 Å². The molecule has 0 aliphatic rings. The van der Waals surface area contributed by atoms with Crippen LogP contribution in [0.15, 0.2) is 24.5 Å². The summed E-state index contributed by atoms with van der Waals surface area (Å²) in [6.07, 6.45) is 5.37. The van der Waals surface area contributed by atoms with Crippen LogP contribution in [0.2, 0.25) is 0 Å². The third kappa shape index (κ3) is 8.04. The second-order valence-corrected chi connectivity index (χ2v) is 4.91. The lowest BCUT2D eigenvalue weighted by Gasteiger charge is -2.21. The van der Waals surface area contributed by atoms with Gasteiger partial charge in [-0.15, -0.1) is 0 Å². The van der Waals surface area contributed by atoms with E-state index in [1.54, 1.807) is 12.4 Å². The summed E-state index contributed by atoms with van der Waals surface area (Å²) in [4.78, 5) is 28.4. The van der Waals surface area contributed by atoms with Gasteiger partial charge in [0.05, 0.1) is 13.0 Å². The Morgan fingerprint density at radius 1 is 1.33 bits per heavy atom. The van der Waals surface area contributed by atoms with Gasteiger partial charge in [-0.3, -0.25) is 19.5 Å². The molecular formula is C15H23N3O3. The van der Waals surface area contributed by atoms with Gasteiger partial charge in [0.15, 0.2) is 0 Å². The topological polar surface area (TPSA) is 82.5 Å². The van der Waals surface area contributed by atoms with Crippen LogP contribution < -0.4 is 5.32 Å². The maximum Gasteiger partial charge on any atom is 0.304 e. The lowest BCUT2D eigenvalue weighted by atomic mass is 10.2. The van der Waals surface area contributed by atoms with Crippen LogP contribution >= 0.6 is 0 Å². The Hall–Kier alpha value is -1.95. The molecule has 0 aromatic carbocycles. The molecule has 0 atom stereocenters. The Balaban J connectivity index is 2.51. The molecule has 0 fully saturated rings. The van der Waals surface area contributed by atoms with E-state index in [9.17, 15) is 9.59 Å². The van der Waals surface area contributed by atoms with Gasteiger partial charge >= 0.3 is 5.97 Å². The first-order valence-corrected chi connectivity index (χ1v) is 7.21. The van der Waals surface area contributed by atoms with Crippen LogP contribution in [0.1, 0.15) is 31.7 Å². The highest BCUT2D eigenvalue weighted by Crippen LogP contribution is 2.04. The van der Waals surface area contributed by atoms with E-state index in [1.807, 2.05) is 17.0 Å². The van der Waals surface area contributed by atoms with Crippen LogP contribution in [0.3, 0.4) is 0 Å². The molecule has 0 spiro atoms. The third-order valence-corrected chi connectivity index (χ3v) is 3.02. The third-order valence-electron chi connectivity index (χ3n) is 3.02. The minimum absolute atomic E-state index is 0.0212. The average Bonchev–Trinajstić information content (AvgIpc) is 2.46. The molecule has 1 aromatic heterocycles. The Morgan fingerprint density at radius 3 is 2.67 bits per heavy atom. The van der Waals surface area contributed by atoms with Gasteiger partial charge < -0.3 is 10.4 Å². The molecule has 6 heteroatoms. The number of aromatic nitrogens is 1. The van der Waals surface area contributed by atoms with Crippen molar-refractivity contribution >= 4 is 11.9 Å². The van der Waals surface area contributed by atoms with Gasteiger partial charge in [-0.05, 0) is 24.1 Å². The van der Waals surface area contributed by atoms with Gasteiger partial charge in [-0.1, -0.05) is 13.3 Å². The molecule has 0 saturated carbocycles. The van der Waals surface area contributed by atoms with Gasteiger partial charge in [0.25, 0.3) is 0 Å². The molecule has 1 aromatic rings. The fraction of sp³-hybridized carbons (Fsp3) is 0.533. The quantitative estimate of drug-likeness (QED) is 0.635. The number of rotatable bonds is 10. The zero-order chi connectivity index (χ0) is 15.5. The minimum atomic E-state index is -0.860. The Morgan fingerprint density at radius 2 is 2.05 bits per heavy atom. The minimum Gasteiger partial charge on any atom is -0.481 e. The van der Waals surface area contributed by atoms with Crippen LogP contribution in [0, 0.1) is 0 Å². The van der Waals surface area contributed by atoms with Crippen LogP contribution in [-0.2, 0) is 16.1 Å². The highest BCUT2D eigenvalue weighted by Gasteiger charge is 2.12. The fourth-order valence-electron chi connectivity index (χ4n) is 1.88. The van der Waals surface area contributed by atoms with Crippen molar-refractivity contribution in [2.45, 2.75) is 32.7 Å². The van der Waals surface area contributed by atoms with E-state index in [4.69, 9.17) is 5.11 Å². The molecule has 0 bridgehead atoms. The van der Waals surface area contributed by atoms with Crippen molar-refractivity contribution in [3.8, 4) is 0 Å². The number of hydrogen-bond acceptors (Lipinski definition) is 4. The van der Waals surface area contributed by atoms with Crippen molar-refractivity contribution in [3.05, 3.63) is 30.1 Å². The number of hydrogen-bond donors (Lipinski definition) is 2. The first-order chi connectivity index (χ1) is 10.1. The van der Waals surface area contributed by atoms with Gasteiger partial charge in [0.2, 0.25) is 5.91 Å². The van der Waals surface area contributed by atoms with Crippen molar-refractivity contribution in [2.75, 3.05) is 19.6 Å². The van der Waals surface area contributed by atoms with E-state index in [0.717, 1.165) is 18.4 Å². The van der Waals surface area contributed by atoms with E-state index < -0.39 is 5.97 Å². The Labute approximate surface area is 125 Å². The van der Waals surface area contributed by atoms with Crippen LogP contribution in [0.25, 0.3) is 0 Å². The molecule has 0 radical (unpaired) electrons. The zero-order valence-corrected chi connectivity index (χ0v) is 12.4. The average molecular weight is 293 g/mol. The van der Waals surface area contributed by atoms with E-state index in [1.165, 1.54) is 0 Å². The smallest absolute Gasteiger partial charge is 0.304 e. The molecule has 0 saturated heterocycles. The highest BCUT2D eigenvalue weighted by molar-refractivity contribution is 5.78. The summed E-state index contributed by atoms with van der Waals surface area (Å²) >= 11 is 0. The van der Waals surface area contributed by atoms with Gasteiger partial charge in [-0.2, -0.15) is 0 Å². The summed E-state index contributed by atoms with van der Waals surface area (Å²) < 4.78 is 0. The number of nitrogens with zero attached hydrogens (tertiary/aromatic N) is 2. The van der Waals surface area contributed by atoms with Crippen molar-refractivity contribution in [1.29, 1.82) is 0 Å². The van der Waals surface area contributed by atoms with Crippen molar-refractivity contribution in [1.82, 2.24) is 15.2 Å². The number of carbonyl (C=O) groups excluding carboxylic acids is 1. The van der Waals surface area contributed by atoms with Gasteiger partial charge in [-0.25, -0.2) is 0 Å². The van der Waals surface area contributed by atoms with E-state index in [-0.39, 0.29) is 18.9 Å². The maximum atomic E-state index is 11.9. The number of aliphatic carboxylic acids is 1. The number of nitrogens with one attached hydrogen (secondary N) is 1. The lowest BCUT2D eigenvalue weighted by Crippen LogP contribution is -2.38. The molecular weight excluding hydrogens is 270 g/mol. The standard InChI is InChI=1S/C15H23N3O3/c1-2-3-7-17-14(19)12-18(10-6-15(20)21)11-13-4-8-16-9-5-13/h4-5,8-9H,2-3,6-7,10-12H2,1H3,(H,17,19)(H,20,21). The molecule has 21 heavy (non-hydrogen) atoms. The second-order valence-electron chi connectivity index (χ2n) is 4.91. The summed E-state index contributed by atoms with van der Waals surface area (Å²) in [5.41, 5.74) is 1.01. The summed E-state index contributed by atoms with van der Waals surface area (Å²) in [5, 5.41) is 11.6. The zero-order valence-electron chi connectivity index (χ0n) is 12.4. The number of unbranched alkanes of at least 4 members (excludes halogenated alkanes) is 1. The number of carboxylic acid groups (broad SMARTS) is 1. The lowest BCUT2D eigenvalue weighted by molar-refractivity contribution is -0.137. The number of pyridine rings is 1. The summed E-state index contributed by atoms with van der Waals surface area (Å²) in [6, 6.07) is 3.73. The van der Waals surface area contributed by atoms with Gasteiger partial charge in [0, 0.05) is 32.0 Å². The van der Waals surface area contributed by atoms with Gasteiger partial charge in [0.1, 0.15) is 0 Å². The molecule has 116 valence electrons. The van der Waals surface area contributed by atoms with Crippen LogP contribution in [-0.4, -0.2) is 46.5 Å². The number of carboxylic acids is 1. The maximum absolute atomic E-state index is 11.9. The van der Waals surface area contributed by atoms with E-state index >= 15 is 0 Å². The highest BCUT2D eigenvalue weighted by atomic mass is 16.4. The first kappa shape index (κ1) is 17.1. The second kappa shape index (κ2) is 9.88. The normalized spacial score (nSPS) is 10.6. The van der Waals surface area contributed by atoms with Crippen LogP contribution in [0.4, 0.5) is 0 Å². The largest absolute Gasteiger partial charge is 0.481 e.